The summed E-state index contributed by atoms with van der Waals surface area (Å²) in [7, 11) is 17.0. The molecule has 0 aliphatic heterocycles. The van der Waals surface area contributed by atoms with Crippen LogP contribution in [0.4, 0.5) is 0 Å². The number of alkyl halides is 1. The van der Waals surface area contributed by atoms with E-state index in [-0.39, 0.29) is 10.3 Å². The van der Waals surface area contributed by atoms with Gasteiger partial charge in [0.2, 0.25) is 0 Å². The van der Waals surface area contributed by atoms with Crippen LogP contribution in [0.25, 0.3) is 0 Å². The zero-order valence-corrected chi connectivity index (χ0v) is 11.6. The second-order valence-corrected chi connectivity index (χ2v) is 20.0. The van der Waals surface area contributed by atoms with E-state index < -0.39 is 26.9 Å². The molecule has 0 aliphatic carbocycles. The van der Waals surface area contributed by atoms with E-state index in [1.807, 2.05) is 0 Å². The van der Waals surface area contributed by atoms with Gasteiger partial charge in [-0.15, -0.1) is 0 Å². The molecular formula is C5H8Cl4O2Te. The van der Waals surface area contributed by atoms with Crippen molar-refractivity contribution in [3.8, 4) is 0 Å². The van der Waals surface area contributed by atoms with Crippen molar-refractivity contribution in [2.75, 3.05) is 5.88 Å². The fourth-order valence-corrected chi connectivity index (χ4v) is 5.70. The summed E-state index contributed by atoms with van der Waals surface area (Å²) >= 11 is 2.26. The standard InChI is InChI=1S/C5H8Cl4O2Te/c1-4(10)11-5(2-6)3-12(7,8)9/h5H,2-3H2,1H3/t5-/m0/s1. The first-order valence-corrected chi connectivity index (χ1v) is 14.0. The molecule has 0 unspecified atom stereocenters. The molecule has 0 heterocycles. The van der Waals surface area contributed by atoms with Crippen LogP contribution >= 0.6 is 38.5 Å². The monoisotopic (exact) mass is 370 g/mol. The Labute approximate surface area is 91.5 Å². The average molecular weight is 370 g/mol. The summed E-state index contributed by atoms with van der Waals surface area (Å²) in [5.74, 6) is -0.239. The van der Waals surface area contributed by atoms with Crippen LogP contribution in [0.1, 0.15) is 6.92 Å². The molecule has 7 heteroatoms. The number of carbonyl (C=O) groups excluding carboxylic acids is 1. The van der Waals surface area contributed by atoms with Crippen molar-refractivity contribution < 1.29 is 9.53 Å². The van der Waals surface area contributed by atoms with Gasteiger partial charge in [-0.05, 0) is 0 Å². The van der Waals surface area contributed by atoms with Crippen molar-refractivity contribution in [1.82, 2.24) is 0 Å². The molecule has 12 heavy (non-hydrogen) atoms. The second kappa shape index (κ2) is 6.01. The molecule has 0 bridgehead atoms. The topological polar surface area (TPSA) is 26.3 Å². The third-order valence-electron chi connectivity index (χ3n) is 0.880. The van der Waals surface area contributed by atoms with Gasteiger partial charge in [-0.2, -0.15) is 0 Å². The Morgan fingerprint density at radius 1 is 1.50 bits per heavy atom. The van der Waals surface area contributed by atoms with Crippen LogP contribution in [0.3, 0.4) is 0 Å². The van der Waals surface area contributed by atoms with Crippen molar-refractivity contribution >= 4 is 59.3 Å². The van der Waals surface area contributed by atoms with Crippen LogP contribution in [0.5, 0.6) is 0 Å². The first-order valence-electron chi connectivity index (χ1n) is 2.98. The van der Waals surface area contributed by atoms with Gasteiger partial charge in [0, 0.05) is 0 Å². The van der Waals surface area contributed by atoms with Crippen molar-refractivity contribution in [3.05, 3.63) is 0 Å². The molecule has 0 radical (unpaired) electrons. The third-order valence-corrected chi connectivity index (χ3v) is 5.90. The number of halogens is 4. The van der Waals surface area contributed by atoms with E-state index >= 15 is 0 Å². The van der Waals surface area contributed by atoms with Gasteiger partial charge in [0.15, 0.2) is 0 Å². The molecule has 0 saturated heterocycles. The Balaban J connectivity index is 3.92. The van der Waals surface area contributed by atoms with E-state index in [0.717, 1.165) is 0 Å². The number of hydrogen-bond acceptors (Lipinski definition) is 2. The Bertz CT molecular complexity index is 158. The summed E-state index contributed by atoms with van der Waals surface area (Å²) in [4.78, 5) is 10.5. The van der Waals surface area contributed by atoms with Crippen molar-refractivity contribution in [3.63, 3.8) is 0 Å². The SMILES string of the molecule is CC(=O)O[C@@H](CCl)C[Te](Cl)(Cl)Cl. The fraction of sp³-hybridized carbons (Fsp3) is 0.800. The van der Waals surface area contributed by atoms with Gasteiger partial charge in [0.05, 0.1) is 0 Å². The van der Waals surface area contributed by atoms with E-state index in [0.29, 0.717) is 0 Å². The predicted octanol–water partition coefficient (Wildman–Crippen LogP) is 2.81. The summed E-state index contributed by atoms with van der Waals surface area (Å²) < 4.78 is 5.09. The van der Waals surface area contributed by atoms with E-state index in [1.165, 1.54) is 6.92 Å². The first-order chi connectivity index (χ1) is 5.35. The molecule has 0 aliphatic rings. The van der Waals surface area contributed by atoms with E-state index in [1.54, 1.807) is 0 Å². The summed E-state index contributed by atoms with van der Waals surface area (Å²) in [5.41, 5.74) is 0. The minimum atomic E-state index is -3.24. The molecular weight excluding hydrogens is 361 g/mol. The van der Waals surface area contributed by atoms with E-state index in [4.69, 9.17) is 43.2 Å². The van der Waals surface area contributed by atoms with Crippen LogP contribution in [-0.4, -0.2) is 32.8 Å². The summed E-state index contributed by atoms with van der Waals surface area (Å²) in [6, 6.07) is 0. The minimum absolute atomic E-state index is 0.166. The molecule has 0 spiro atoms. The van der Waals surface area contributed by atoms with Crippen molar-refractivity contribution in [2.45, 2.75) is 17.5 Å². The molecule has 0 N–H and O–H groups in total. The van der Waals surface area contributed by atoms with Crippen LogP contribution in [0.2, 0.25) is 4.47 Å². The van der Waals surface area contributed by atoms with Crippen LogP contribution in [0, 0.1) is 0 Å². The summed E-state index contributed by atoms with van der Waals surface area (Å²) in [6.07, 6.45) is -0.460. The predicted molar refractivity (Wildman–Crippen MR) is 54.4 cm³/mol. The van der Waals surface area contributed by atoms with Gasteiger partial charge < -0.3 is 0 Å². The Kier molecular flexibility index (Phi) is 6.72. The fourth-order valence-electron chi connectivity index (χ4n) is 0.556. The Morgan fingerprint density at radius 3 is 2.25 bits per heavy atom. The second-order valence-electron chi connectivity index (χ2n) is 2.05. The summed E-state index contributed by atoms with van der Waals surface area (Å²) in [6.45, 7) is 1.30. The maximum absolute atomic E-state index is 10.5. The van der Waals surface area contributed by atoms with Crippen LogP contribution in [-0.2, 0) is 9.53 Å². The number of esters is 1. The van der Waals surface area contributed by atoms with Crippen molar-refractivity contribution in [2.24, 2.45) is 0 Å². The molecule has 2 nitrogen and oxygen atoms in total. The Hall–Kier alpha value is 1.42. The normalized spacial score (nSPS) is 15.4. The van der Waals surface area contributed by atoms with Gasteiger partial charge in [-0.3, -0.25) is 0 Å². The van der Waals surface area contributed by atoms with Gasteiger partial charge in [0.1, 0.15) is 0 Å². The molecule has 0 rings (SSSR count). The maximum atomic E-state index is 10.5. The van der Waals surface area contributed by atoms with Crippen molar-refractivity contribution in [1.29, 1.82) is 0 Å². The molecule has 0 amide bonds. The van der Waals surface area contributed by atoms with Crippen LogP contribution < -0.4 is 0 Å². The molecule has 0 saturated carbocycles. The number of rotatable bonds is 4. The quantitative estimate of drug-likeness (QED) is 0.433. The first kappa shape index (κ1) is 13.4. The number of hydrogen-bond donors (Lipinski definition) is 0. The molecule has 0 aromatic carbocycles. The third kappa shape index (κ3) is 8.04. The van der Waals surface area contributed by atoms with Crippen LogP contribution in [0.15, 0.2) is 0 Å². The number of ether oxygens (including phenoxy) is 1. The average Bonchev–Trinajstić information content (AvgIpc) is 1.82. The van der Waals surface area contributed by atoms with Gasteiger partial charge in [0.25, 0.3) is 0 Å². The van der Waals surface area contributed by atoms with Gasteiger partial charge >= 0.3 is 92.2 Å². The number of carbonyl (C=O) groups is 1. The van der Waals surface area contributed by atoms with Gasteiger partial charge in [-0.1, -0.05) is 0 Å². The Morgan fingerprint density at radius 2 is 2.00 bits per heavy atom. The van der Waals surface area contributed by atoms with E-state index in [9.17, 15) is 4.79 Å². The molecule has 1 atom stereocenters. The van der Waals surface area contributed by atoms with Gasteiger partial charge in [-0.25, -0.2) is 0 Å². The molecule has 0 aromatic heterocycles. The molecule has 0 fully saturated rings. The molecule has 0 aromatic rings. The molecule has 74 valence electrons. The van der Waals surface area contributed by atoms with E-state index in [2.05, 4.69) is 0 Å². The summed E-state index contributed by atoms with van der Waals surface area (Å²) in [5, 5.41) is 0. The zero-order valence-electron chi connectivity index (χ0n) is 6.23. The zero-order chi connectivity index (χ0) is 9.78.